The third kappa shape index (κ3) is 5.57. The van der Waals surface area contributed by atoms with Gasteiger partial charge in [0.1, 0.15) is 0 Å². The molecule has 122 valence electrons. The van der Waals surface area contributed by atoms with Crippen molar-refractivity contribution in [1.29, 1.82) is 0 Å². The van der Waals surface area contributed by atoms with Gasteiger partial charge in [0, 0.05) is 37.3 Å². The van der Waals surface area contributed by atoms with Crippen molar-refractivity contribution < 1.29 is 13.2 Å². The molecular weight excluding hydrogens is 335 g/mol. The van der Waals surface area contributed by atoms with Crippen LogP contribution in [0.1, 0.15) is 15.4 Å². The van der Waals surface area contributed by atoms with Crippen molar-refractivity contribution in [2.45, 2.75) is 19.3 Å². The van der Waals surface area contributed by atoms with E-state index in [0.717, 1.165) is 5.56 Å². The van der Waals surface area contributed by atoms with Crippen LogP contribution in [-0.2, 0) is 19.3 Å². The zero-order chi connectivity index (χ0) is 15.3. The van der Waals surface area contributed by atoms with Crippen molar-refractivity contribution in [3.63, 3.8) is 0 Å². The van der Waals surface area contributed by atoms with Crippen LogP contribution in [-0.4, -0.2) is 23.0 Å². The van der Waals surface area contributed by atoms with E-state index >= 15 is 0 Å². The fraction of sp³-hybridized carbons (Fsp3) is 0.357. The summed E-state index contributed by atoms with van der Waals surface area (Å²) in [6.45, 7) is 2.14. The zero-order valence-corrected chi connectivity index (χ0v) is 13.3. The first-order chi connectivity index (χ1) is 9.99. The Morgan fingerprint density at radius 2 is 1.82 bits per heavy atom. The molecule has 2 rings (SSSR count). The molecule has 1 aromatic carbocycles. The van der Waals surface area contributed by atoms with Crippen LogP contribution in [0.15, 0.2) is 36.5 Å². The first-order valence-corrected chi connectivity index (χ1v) is 7.29. The summed E-state index contributed by atoms with van der Waals surface area (Å²) in [6, 6.07) is 9.76. The minimum atomic E-state index is -4.37. The van der Waals surface area contributed by atoms with Gasteiger partial charge in [0.15, 0.2) is 5.01 Å². The van der Waals surface area contributed by atoms with E-state index in [0.29, 0.717) is 42.4 Å². The highest BCUT2D eigenvalue weighted by atomic mass is 35.5. The van der Waals surface area contributed by atoms with Crippen LogP contribution >= 0.6 is 23.7 Å². The lowest BCUT2D eigenvalue weighted by Crippen LogP contribution is -2.28. The van der Waals surface area contributed by atoms with Crippen molar-refractivity contribution in [2.24, 2.45) is 5.73 Å². The number of aromatic nitrogens is 1. The molecule has 0 aliphatic rings. The minimum absolute atomic E-state index is 0. The highest BCUT2D eigenvalue weighted by molar-refractivity contribution is 7.11. The van der Waals surface area contributed by atoms with Gasteiger partial charge < -0.3 is 5.73 Å². The monoisotopic (exact) mass is 351 g/mol. The number of hydrogen-bond acceptors (Lipinski definition) is 4. The average molecular weight is 352 g/mol. The molecule has 3 nitrogen and oxygen atoms in total. The van der Waals surface area contributed by atoms with E-state index < -0.39 is 11.2 Å². The maximum atomic E-state index is 12.5. The number of halogens is 4. The van der Waals surface area contributed by atoms with Crippen LogP contribution in [0, 0.1) is 0 Å². The highest BCUT2D eigenvalue weighted by Gasteiger charge is 2.34. The fourth-order valence-electron chi connectivity index (χ4n) is 1.97. The van der Waals surface area contributed by atoms with Crippen molar-refractivity contribution in [2.75, 3.05) is 13.1 Å². The number of hydrogen-bond donors (Lipinski definition) is 1. The topological polar surface area (TPSA) is 42.1 Å². The summed E-state index contributed by atoms with van der Waals surface area (Å²) in [5, 5.41) is -0.801. The summed E-state index contributed by atoms with van der Waals surface area (Å²) < 4.78 is 37.6. The number of alkyl halides is 3. The van der Waals surface area contributed by atoms with Gasteiger partial charge in [0.25, 0.3) is 0 Å². The largest absolute Gasteiger partial charge is 0.443 e. The fourth-order valence-corrected chi connectivity index (χ4v) is 2.79. The second-order valence-electron chi connectivity index (χ2n) is 4.61. The molecule has 0 unspecified atom stereocenters. The van der Waals surface area contributed by atoms with Crippen LogP contribution < -0.4 is 5.73 Å². The van der Waals surface area contributed by atoms with E-state index in [1.807, 2.05) is 35.2 Å². The molecule has 2 N–H and O–H groups in total. The van der Waals surface area contributed by atoms with E-state index in [2.05, 4.69) is 4.98 Å². The number of rotatable bonds is 6. The Morgan fingerprint density at radius 3 is 2.36 bits per heavy atom. The van der Waals surface area contributed by atoms with Crippen LogP contribution in [0.5, 0.6) is 0 Å². The van der Waals surface area contributed by atoms with Gasteiger partial charge >= 0.3 is 6.18 Å². The standard InChI is InChI=1S/C14H16F3N3S.ClH/c15-14(16,17)13-19-8-12(21-13)10-20(7-6-18)9-11-4-2-1-3-5-11;/h1-5,8H,6-7,9-10,18H2;1H. The third-order valence-corrected chi connectivity index (χ3v) is 3.90. The second kappa shape index (κ2) is 8.47. The van der Waals surface area contributed by atoms with E-state index in [-0.39, 0.29) is 12.4 Å². The molecule has 8 heteroatoms. The molecule has 22 heavy (non-hydrogen) atoms. The molecule has 0 aliphatic heterocycles. The molecule has 0 bridgehead atoms. The summed E-state index contributed by atoms with van der Waals surface area (Å²) in [5.41, 5.74) is 6.68. The molecule has 0 saturated carbocycles. The summed E-state index contributed by atoms with van der Waals surface area (Å²) in [5.74, 6) is 0. The molecule has 0 radical (unpaired) electrons. The first-order valence-electron chi connectivity index (χ1n) is 6.47. The molecule has 1 aromatic heterocycles. The predicted molar refractivity (Wildman–Crippen MR) is 84.0 cm³/mol. The van der Waals surface area contributed by atoms with Crippen LogP contribution in [0.25, 0.3) is 0 Å². The van der Waals surface area contributed by atoms with Gasteiger partial charge in [-0.2, -0.15) is 13.2 Å². The molecule has 1 heterocycles. The van der Waals surface area contributed by atoms with Gasteiger partial charge in [-0.25, -0.2) is 4.98 Å². The summed E-state index contributed by atoms with van der Waals surface area (Å²) in [6.07, 6.45) is -3.08. The van der Waals surface area contributed by atoms with Gasteiger partial charge in [-0.1, -0.05) is 30.3 Å². The van der Waals surface area contributed by atoms with Gasteiger partial charge in [0.2, 0.25) is 0 Å². The van der Waals surface area contributed by atoms with Crippen LogP contribution in [0.3, 0.4) is 0 Å². The Hall–Kier alpha value is -1.15. The third-order valence-electron chi connectivity index (χ3n) is 2.87. The van der Waals surface area contributed by atoms with Gasteiger partial charge in [-0.15, -0.1) is 23.7 Å². The van der Waals surface area contributed by atoms with Crippen molar-refractivity contribution in [1.82, 2.24) is 9.88 Å². The molecule has 0 spiro atoms. The van der Waals surface area contributed by atoms with Gasteiger partial charge in [0.05, 0.1) is 0 Å². The van der Waals surface area contributed by atoms with Gasteiger partial charge in [-0.3, -0.25) is 4.90 Å². The Morgan fingerprint density at radius 1 is 1.14 bits per heavy atom. The van der Waals surface area contributed by atoms with E-state index in [1.54, 1.807) is 0 Å². The van der Waals surface area contributed by atoms with Crippen molar-refractivity contribution >= 4 is 23.7 Å². The smallest absolute Gasteiger partial charge is 0.329 e. The maximum absolute atomic E-state index is 12.5. The molecule has 0 saturated heterocycles. The normalized spacial score (nSPS) is 11.5. The SMILES string of the molecule is Cl.NCCN(Cc1ccccc1)Cc1cnc(C(F)(F)F)s1. The number of nitrogens with zero attached hydrogens (tertiary/aromatic N) is 2. The maximum Gasteiger partial charge on any atom is 0.443 e. The molecular formula is C14H17ClF3N3S. The Bertz CT molecular complexity index is 560. The lowest BCUT2D eigenvalue weighted by molar-refractivity contribution is -0.137. The number of thiazole rings is 1. The number of nitrogens with two attached hydrogens (primary N) is 1. The summed E-state index contributed by atoms with van der Waals surface area (Å²) >= 11 is 0.686. The molecule has 0 atom stereocenters. The number of benzene rings is 1. The molecule has 0 fully saturated rings. The molecule has 0 amide bonds. The summed E-state index contributed by atoms with van der Waals surface area (Å²) in [7, 11) is 0. The Balaban J connectivity index is 0.00000242. The van der Waals surface area contributed by atoms with Crippen LogP contribution in [0.2, 0.25) is 0 Å². The van der Waals surface area contributed by atoms with Gasteiger partial charge in [-0.05, 0) is 5.56 Å². The Kier molecular flexibility index (Phi) is 7.28. The molecule has 0 aliphatic carbocycles. The van der Waals surface area contributed by atoms with E-state index in [4.69, 9.17) is 5.73 Å². The first kappa shape index (κ1) is 18.9. The minimum Gasteiger partial charge on any atom is -0.329 e. The Labute approximate surface area is 137 Å². The lowest BCUT2D eigenvalue weighted by atomic mass is 10.2. The predicted octanol–water partition coefficient (Wildman–Crippen LogP) is 3.54. The van der Waals surface area contributed by atoms with Crippen LogP contribution in [0.4, 0.5) is 13.2 Å². The van der Waals surface area contributed by atoms with Crippen molar-refractivity contribution in [3.8, 4) is 0 Å². The average Bonchev–Trinajstić information content (AvgIpc) is 2.89. The van der Waals surface area contributed by atoms with E-state index in [1.165, 1.54) is 6.20 Å². The molecule has 2 aromatic rings. The van der Waals surface area contributed by atoms with Crippen molar-refractivity contribution in [3.05, 3.63) is 52.0 Å². The lowest BCUT2D eigenvalue weighted by Gasteiger charge is -2.20. The van der Waals surface area contributed by atoms with E-state index in [9.17, 15) is 13.2 Å². The second-order valence-corrected chi connectivity index (χ2v) is 5.73. The highest BCUT2D eigenvalue weighted by Crippen LogP contribution is 2.32. The quantitative estimate of drug-likeness (QED) is 0.865. The zero-order valence-electron chi connectivity index (χ0n) is 11.7. The summed E-state index contributed by atoms with van der Waals surface area (Å²) in [4.78, 5) is 6.05.